The van der Waals surface area contributed by atoms with Crippen molar-refractivity contribution >= 4 is 10.0 Å². The zero-order valence-electron chi connectivity index (χ0n) is 12.1. The first kappa shape index (κ1) is 15.4. The molecule has 112 valence electrons. The molecule has 1 N–H and O–H groups in total. The SMILES string of the molecule is CNC(CC1CCCN(S(C)(=O)=O)C1)c1cccnc1. The second-order valence-electron chi connectivity index (χ2n) is 5.49. The Morgan fingerprint density at radius 1 is 1.55 bits per heavy atom. The van der Waals surface area contributed by atoms with E-state index in [1.807, 2.05) is 19.3 Å². The summed E-state index contributed by atoms with van der Waals surface area (Å²) in [4.78, 5) is 4.15. The Morgan fingerprint density at radius 2 is 2.35 bits per heavy atom. The van der Waals surface area contributed by atoms with E-state index in [1.54, 1.807) is 10.5 Å². The summed E-state index contributed by atoms with van der Waals surface area (Å²) in [6, 6.07) is 4.22. The molecule has 1 aliphatic rings. The number of nitrogens with zero attached hydrogens (tertiary/aromatic N) is 2. The Kier molecular flexibility index (Phi) is 5.12. The fourth-order valence-corrected chi connectivity index (χ4v) is 3.80. The lowest BCUT2D eigenvalue weighted by Gasteiger charge is -2.33. The summed E-state index contributed by atoms with van der Waals surface area (Å²) in [5, 5.41) is 3.31. The van der Waals surface area contributed by atoms with Crippen molar-refractivity contribution in [2.45, 2.75) is 25.3 Å². The van der Waals surface area contributed by atoms with Crippen molar-refractivity contribution in [1.82, 2.24) is 14.6 Å². The van der Waals surface area contributed by atoms with E-state index in [9.17, 15) is 8.42 Å². The van der Waals surface area contributed by atoms with Gasteiger partial charge in [0.2, 0.25) is 10.0 Å². The van der Waals surface area contributed by atoms with Gasteiger partial charge in [-0.3, -0.25) is 4.98 Å². The summed E-state index contributed by atoms with van der Waals surface area (Å²) >= 11 is 0. The lowest BCUT2D eigenvalue weighted by molar-refractivity contribution is 0.240. The summed E-state index contributed by atoms with van der Waals surface area (Å²) in [6.07, 6.45) is 7.91. The minimum atomic E-state index is -3.07. The molecule has 0 aromatic carbocycles. The van der Waals surface area contributed by atoms with Crippen molar-refractivity contribution in [2.75, 3.05) is 26.4 Å². The number of aromatic nitrogens is 1. The van der Waals surface area contributed by atoms with E-state index in [4.69, 9.17) is 0 Å². The minimum absolute atomic E-state index is 0.230. The fourth-order valence-electron chi connectivity index (χ4n) is 2.86. The van der Waals surface area contributed by atoms with Gasteiger partial charge in [0.1, 0.15) is 0 Å². The van der Waals surface area contributed by atoms with Crippen molar-refractivity contribution in [3.8, 4) is 0 Å². The van der Waals surface area contributed by atoms with Crippen molar-refractivity contribution in [2.24, 2.45) is 5.92 Å². The van der Waals surface area contributed by atoms with Gasteiger partial charge in [0, 0.05) is 31.5 Å². The maximum absolute atomic E-state index is 11.7. The summed E-state index contributed by atoms with van der Waals surface area (Å²) in [5.41, 5.74) is 1.16. The monoisotopic (exact) mass is 297 g/mol. The third kappa shape index (κ3) is 4.01. The zero-order valence-corrected chi connectivity index (χ0v) is 12.9. The molecule has 2 rings (SSSR count). The molecule has 0 spiro atoms. The van der Waals surface area contributed by atoms with Crippen molar-refractivity contribution in [3.63, 3.8) is 0 Å². The maximum Gasteiger partial charge on any atom is 0.211 e. The molecule has 1 fully saturated rings. The van der Waals surface area contributed by atoms with Crippen LogP contribution in [0.5, 0.6) is 0 Å². The summed E-state index contributed by atoms with van der Waals surface area (Å²) in [7, 11) is -1.13. The molecule has 1 saturated heterocycles. The quantitative estimate of drug-likeness (QED) is 0.892. The van der Waals surface area contributed by atoms with Gasteiger partial charge in [0.15, 0.2) is 0 Å². The molecule has 6 heteroatoms. The van der Waals surface area contributed by atoms with Gasteiger partial charge in [-0.15, -0.1) is 0 Å². The van der Waals surface area contributed by atoms with Crippen LogP contribution in [0.2, 0.25) is 0 Å². The van der Waals surface area contributed by atoms with Crippen molar-refractivity contribution in [1.29, 1.82) is 0 Å². The van der Waals surface area contributed by atoms with Gasteiger partial charge >= 0.3 is 0 Å². The number of hydrogen-bond donors (Lipinski definition) is 1. The van der Waals surface area contributed by atoms with Crippen LogP contribution in [-0.4, -0.2) is 44.1 Å². The second kappa shape index (κ2) is 6.65. The average Bonchev–Trinajstić information content (AvgIpc) is 2.45. The third-order valence-electron chi connectivity index (χ3n) is 3.96. The van der Waals surface area contributed by atoms with Crippen LogP contribution in [0.4, 0.5) is 0 Å². The zero-order chi connectivity index (χ0) is 14.6. The van der Waals surface area contributed by atoms with Crippen molar-refractivity contribution in [3.05, 3.63) is 30.1 Å². The Morgan fingerprint density at radius 3 is 2.95 bits per heavy atom. The van der Waals surface area contributed by atoms with Crippen LogP contribution in [-0.2, 0) is 10.0 Å². The molecule has 0 saturated carbocycles. The standard InChI is InChI=1S/C14H23N3O2S/c1-15-14(13-6-3-7-16-10-13)9-12-5-4-8-17(11-12)20(2,18)19/h3,6-7,10,12,14-15H,4-5,8-9,11H2,1-2H3. The van der Waals surface area contributed by atoms with Gasteiger partial charge < -0.3 is 5.32 Å². The third-order valence-corrected chi connectivity index (χ3v) is 5.22. The van der Waals surface area contributed by atoms with Crippen LogP contribution in [0.25, 0.3) is 0 Å². The molecule has 0 radical (unpaired) electrons. The first-order valence-corrected chi connectivity index (χ1v) is 8.88. The highest BCUT2D eigenvalue weighted by Crippen LogP contribution is 2.27. The van der Waals surface area contributed by atoms with Crippen LogP contribution in [0.1, 0.15) is 30.9 Å². The van der Waals surface area contributed by atoms with Gasteiger partial charge in [0.05, 0.1) is 6.26 Å². The molecule has 0 aliphatic carbocycles. The Bertz CT molecular complexity index is 518. The highest BCUT2D eigenvalue weighted by molar-refractivity contribution is 7.88. The molecule has 2 heterocycles. The van der Waals surface area contributed by atoms with Crippen molar-refractivity contribution < 1.29 is 8.42 Å². The molecule has 2 unspecified atom stereocenters. The number of hydrogen-bond acceptors (Lipinski definition) is 4. The summed E-state index contributed by atoms with van der Waals surface area (Å²) < 4.78 is 24.9. The fraction of sp³-hybridized carbons (Fsp3) is 0.643. The number of pyridine rings is 1. The van der Waals surface area contributed by atoms with Crippen LogP contribution in [0.3, 0.4) is 0 Å². The van der Waals surface area contributed by atoms with Crippen LogP contribution in [0, 0.1) is 5.92 Å². The average molecular weight is 297 g/mol. The lowest BCUT2D eigenvalue weighted by atomic mass is 9.90. The highest BCUT2D eigenvalue weighted by atomic mass is 32.2. The predicted octanol–water partition coefficient (Wildman–Crippen LogP) is 1.40. The van der Waals surface area contributed by atoms with Crippen LogP contribution < -0.4 is 5.32 Å². The molecule has 2 atom stereocenters. The van der Waals surface area contributed by atoms with Gasteiger partial charge in [-0.05, 0) is 43.9 Å². The predicted molar refractivity (Wildman–Crippen MR) is 79.8 cm³/mol. The van der Waals surface area contributed by atoms with Gasteiger partial charge in [-0.1, -0.05) is 6.07 Å². The first-order valence-electron chi connectivity index (χ1n) is 7.03. The van der Waals surface area contributed by atoms with E-state index < -0.39 is 10.0 Å². The van der Waals surface area contributed by atoms with Crippen LogP contribution >= 0.6 is 0 Å². The first-order chi connectivity index (χ1) is 9.50. The molecule has 0 amide bonds. The van der Waals surface area contributed by atoms with Gasteiger partial charge in [-0.2, -0.15) is 0 Å². The lowest BCUT2D eigenvalue weighted by Crippen LogP contribution is -2.40. The molecule has 0 bridgehead atoms. The van der Waals surface area contributed by atoms with Gasteiger partial charge in [0.25, 0.3) is 0 Å². The topological polar surface area (TPSA) is 62.3 Å². The molecular weight excluding hydrogens is 274 g/mol. The molecule has 1 aromatic rings. The van der Waals surface area contributed by atoms with E-state index in [2.05, 4.69) is 16.4 Å². The second-order valence-corrected chi connectivity index (χ2v) is 7.48. The Labute approximate surface area is 121 Å². The Balaban J connectivity index is 2.01. The molecular formula is C14H23N3O2S. The molecule has 5 nitrogen and oxygen atoms in total. The van der Waals surface area contributed by atoms with E-state index in [1.165, 1.54) is 6.26 Å². The number of rotatable bonds is 5. The number of nitrogens with one attached hydrogen (secondary N) is 1. The molecule has 20 heavy (non-hydrogen) atoms. The normalized spacial score (nSPS) is 22.6. The molecule has 1 aromatic heterocycles. The highest BCUT2D eigenvalue weighted by Gasteiger charge is 2.27. The minimum Gasteiger partial charge on any atom is -0.313 e. The smallest absolute Gasteiger partial charge is 0.211 e. The number of sulfonamides is 1. The van der Waals surface area contributed by atoms with Gasteiger partial charge in [-0.25, -0.2) is 12.7 Å². The van der Waals surface area contributed by atoms with E-state index >= 15 is 0 Å². The van der Waals surface area contributed by atoms with E-state index in [-0.39, 0.29) is 6.04 Å². The summed E-state index contributed by atoms with van der Waals surface area (Å²) in [6.45, 7) is 1.30. The van der Waals surface area contributed by atoms with E-state index in [0.717, 1.165) is 24.8 Å². The molecule has 1 aliphatic heterocycles. The number of piperidine rings is 1. The summed E-state index contributed by atoms with van der Waals surface area (Å²) in [5.74, 6) is 0.399. The van der Waals surface area contributed by atoms with E-state index in [0.29, 0.717) is 19.0 Å². The largest absolute Gasteiger partial charge is 0.313 e. The Hall–Kier alpha value is -0.980. The van der Waals surface area contributed by atoms with Crippen LogP contribution in [0.15, 0.2) is 24.5 Å². The maximum atomic E-state index is 11.7.